The van der Waals surface area contributed by atoms with Crippen molar-refractivity contribution in [2.75, 3.05) is 38.2 Å². The van der Waals surface area contributed by atoms with Crippen molar-refractivity contribution in [1.29, 1.82) is 0 Å². The third kappa shape index (κ3) is 5.05. The molecule has 0 bridgehead atoms. The number of rotatable bonds is 6. The summed E-state index contributed by atoms with van der Waals surface area (Å²) in [5.41, 5.74) is 3.14. The normalized spacial score (nSPS) is 13.9. The molecule has 1 saturated heterocycles. The maximum Gasteiger partial charge on any atom is 0.272 e. The van der Waals surface area contributed by atoms with E-state index in [4.69, 9.17) is 9.72 Å². The molecular weight excluding hydrogens is 462 g/mol. The van der Waals surface area contributed by atoms with Crippen molar-refractivity contribution in [2.45, 2.75) is 19.8 Å². The van der Waals surface area contributed by atoms with E-state index in [0.29, 0.717) is 38.4 Å². The number of hydrogen-bond acceptors (Lipinski definition) is 7. The van der Waals surface area contributed by atoms with Crippen LogP contribution in [0.5, 0.6) is 5.75 Å². The van der Waals surface area contributed by atoms with Crippen LogP contribution in [0.3, 0.4) is 0 Å². The quantitative estimate of drug-likeness (QED) is 0.446. The molecule has 0 aliphatic carbocycles. The van der Waals surface area contributed by atoms with Gasteiger partial charge in [0.05, 0.1) is 17.3 Å². The van der Waals surface area contributed by atoms with Gasteiger partial charge in [-0.3, -0.25) is 9.59 Å². The fourth-order valence-electron chi connectivity index (χ4n) is 4.21. The highest BCUT2D eigenvalue weighted by Crippen LogP contribution is 2.30. The Morgan fingerprint density at radius 2 is 1.77 bits per heavy atom. The number of hydrogen-bond donors (Lipinski definition) is 1. The SMILES string of the molecule is CCc1ccc2nc(N3CCN(C(=O)c4cc(=O)[nH]c(Cc5ccc(OC)cc5)n4)CC3)sc2c1. The van der Waals surface area contributed by atoms with Crippen LogP contribution in [0.4, 0.5) is 5.13 Å². The number of aryl methyl sites for hydroxylation is 1. The molecular formula is C26H27N5O3S. The fourth-order valence-corrected chi connectivity index (χ4v) is 5.29. The molecule has 1 aliphatic rings. The Hall–Kier alpha value is -3.72. The summed E-state index contributed by atoms with van der Waals surface area (Å²) < 4.78 is 6.38. The third-order valence-corrected chi connectivity index (χ3v) is 7.31. The van der Waals surface area contributed by atoms with Gasteiger partial charge in [-0.1, -0.05) is 36.5 Å². The van der Waals surface area contributed by atoms with Gasteiger partial charge in [0.25, 0.3) is 11.5 Å². The predicted molar refractivity (Wildman–Crippen MR) is 138 cm³/mol. The molecule has 3 heterocycles. The predicted octanol–water partition coefficient (Wildman–Crippen LogP) is 3.50. The van der Waals surface area contributed by atoms with Gasteiger partial charge >= 0.3 is 0 Å². The molecule has 8 nitrogen and oxygen atoms in total. The van der Waals surface area contributed by atoms with Crippen molar-refractivity contribution in [2.24, 2.45) is 0 Å². The number of fused-ring (bicyclic) bond motifs is 1. The molecule has 0 atom stereocenters. The smallest absolute Gasteiger partial charge is 0.272 e. The topological polar surface area (TPSA) is 91.4 Å². The minimum atomic E-state index is -0.327. The minimum absolute atomic E-state index is 0.179. The molecule has 1 aliphatic heterocycles. The first kappa shape index (κ1) is 23.0. The molecule has 5 rings (SSSR count). The number of benzene rings is 2. The lowest BCUT2D eigenvalue weighted by Crippen LogP contribution is -2.49. The number of aromatic amines is 1. The summed E-state index contributed by atoms with van der Waals surface area (Å²) in [5.74, 6) is 1.00. The number of methoxy groups -OCH3 is 1. The van der Waals surface area contributed by atoms with E-state index in [1.54, 1.807) is 23.3 Å². The summed E-state index contributed by atoms with van der Waals surface area (Å²) in [4.78, 5) is 41.4. The Kier molecular flexibility index (Phi) is 6.50. The maximum absolute atomic E-state index is 13.2. The monoisotopic (exact) mass is 489 g/mol. The molecule has 35 heavy (non-hydrogen) atoms. The maximum atomic E-state index is 13.2. The zero-order valence-corrected chi connectivity index (χ0v) is 20.6. The van der Waals surface area contributed by atoms with Gasteiger partial charge < -0.3 is 19.5 Å². The second-order valence-electron chi connectivity index (χ2n) is 8.53. The van der Waals surface area contributed by atoms with Crippen molar-refractivity contribution in [3.8, 4) is 5.75 Å². The Morgan fingerprint density at radius 1 is 1.03 bits per heavy atom. The molecule has 2 aromatic heterocycles. The molecule has 180 valence electrons. The van der Waals surface area contributed by atoms with Crippen LogP contribution in [0.2, 0.25) is 0 Å². The summed E-state index contributed by atoms with van der Waals surface area (Å²) in [5, 5.41) is 0.983. The molecule has 0 radical (unpaired) electrons. The molecule has 0 unspecified atom stereocenters. The van der Waals surface area contributed by atoms with E-state index in [0.717, 1.165) is 28.4 Å². The lowest BCUT2D eigenvalue weighted by molar-refractivity contribution is 0.0740. The number of ether oxygens (including phenoxy) is 1. The summed E-state index contributed by atoms with van der Waals surface area (Å²) >= 11 is 1.69. The zero-order valence-electron chi connectivity index (χ0n) is 19.8. The van der Waals surface area contributed by atoms with E-state index in [-0.39, 0.29) is 17.2 Å². The van der Waals surface area contributed by atoms with Crippen LogP contribution in [0.25, 0.3) is 10.2 Å². The number of nitrogens with one attached hydrogen (secondary N) is 1. The molecule has 1 amide bonds. The van der Waals surface area contributed by atoms with Crippen molar-refractivity contribution in [3.05, 3.63) is 81.5 Å². The number of H-pyrrole nitrogens is 1. The molecule has 2 aromatic carbocycles. The Bertz CT molecular complexity index is 1400. The van der Waals surface area contributed by atoms with Crippen LogP contribution >= 0.6 is 11.3 Å². The average Bonchev–Trinajstić information content (AvgIpc) is 3.32. The van der Waals surface area contributed by atoms with Crippen LogP contribution in [-0.4, -0.2) is 59.0 Å². The molecule has 1 N–H and O–H groups in total. The van der Waals surface area contributed by atoms with Crippen LogP contribution < -0.4 is 15.2 Å². The van der Waals surface area contributed by atoms with E-state index < -0.39 is 0 Å². The van der Waals surface area contributed by atoms with Crippen LogP contribution in [-0.2, 0) is 12.8 Å². The standard InChI is InChI=1S/C26H27N5O3S/c1-3-17-6-9-20-22(14-17)35-26(28-20)31-12-10-30(11-13-31)25(33)21-16-24(32)29-23(27-21)15-18-4-7-19(34-2)8-5-18/h4-9,14,16H,3,10-13,15H2,1-2H3,(H,27,29,32). The summed E-state index contributed by atoms with van der Waals surface area (Å²) in [7, 11) is 1.62. The number of anilines is 1. The first-order valence-corrected chi connectivity index (χ1v) is 12.5. The van der Waals surface area contributed by atoms with Gasteiger partial charge in [0.1, 0.15) is 17.3 Å². The van der Waals surface area contributed by atoms with E-state index in [2.05, 4.69) is 40.0 Å². The zero-order chi connectivity index (χ0) is 24.4. The van der Waals surface area contributed by atoms with Crippen LogP contribution in [0.1, 0.15) is 34.4 Å². The number of amides is 1. The number of carbonyl (C=O) groups is 1. The van der Waals surface area contributed by atoms with Gasteiger partial charge in [0.15, 0.2) is 5.13 Å². The molecule has 4 aromatic rings. The van der Waals surface area contributed by atoms with E-state index >= 15 is 0 Å². The Morgan fingerprint density at radius 3 is 2.49 bits per heavy atom. The lowest BCUT2D eigenvalue weighted by Gasteiger charge is -2.34. The first-order valence-electron chi connectivity index (χ1n) is 11.7. The number of piperazine rings is 1. The van der Waals surface area contributed by atoms with Gasteiger partial charge in [-0.2, -0.15) is 0 Å². The second-order valence-corrected chi connectivity index (χ2v) is 9.54. The van der Waals surface area contributed by atoms with Gasteiger partial charge in [0.2, 0.25) is 0 Å². The third-order valence-electron chi connectivity index (χ3n) is 6.23. The van der Waals surface area contributed by atoms with Gasteiger partial charge in [-0.15, -0.1) is 0 Å². The van der Waals surface area contributed by atoms with Crippen LogP contribution in [0, 0.1) is 0 Å². The number of carbonyl (C=O) groups excluding carboxylic acids is 1. The molecule has 1 fully saturated rings. The van der Waals surface area contributed by atoms with E-state index in [9.17, 15) is 9.59 Å². The second kappa shape index (κ2) is 9.87. The van der Waals surface area contributed by atoms with Crippen molar-refractivity contribution >= 4 is 32.6 Å². The van der Waals surface area contributed by atoms with Crippen molar-refractivity contribution in [3.63, 3.8) is 0 Å². The Labute approximate surface area is 207 Å². The van der Waals surface area contributed by atoms with Crippen molar-refractivity contribution in [1.82, 2.24) is 19.9 Å². The van der Waals surface area contributed by atoms with Crippen molar-refractivity contribution < 1.29 is 9.53 Å². The summed E-state index contributed by atoms with van der Waals surface area (Å²) in [6, 6.07) is 15.2. The molecule has 9 heteroatoms. The van der Waals surface area contributed by atoms with Crippen LogP contribution in [0.15, 0.2) is 53.3 Å². The first-order chi connectivity index (χ1) is 17.0. The number of nitrogens with zero attached hydrogens (tertiary/aromatic N) is 4. The lowest BCUT2D eigenvalue weighted by atomic mass is 10.1. The van der Waals surface area contributed by atoms with E-state index in [1.165, 1.54) is 16.3 Å². The highest BCUT2D eigenvalue weighted by molar-refractivity contribution is 7.22. The highest BCUT2D eigenvalue weighted by Gasteiger charge is 2.25. The van der Waals surface area contributed by atoms with Gasteiger partial charge in [-0.05, 0) is 41.8 Å². The Balaban J connectivity index is 1.26. The summed E-state index contributed by atoms with van der Waals surface area (Å²) in [6.07, 6.45) is 1.42. The van der Waals surface area contributed by atoms with Gasteiger partial charge in [-0.25, -0.2) is 9.97 Å². The number of thiazole rings is 1. The highest BCUT2D eigenvalue weighted by atomic mass is 32.1. The largest absolute Gasteiger partial charge is 0.497 e. The molecule has 0 saturated carbocycles. The number of aromatic nitrogens is 3. The fraction of sp³-hybridized carbons (Fsp3) is 0.308. The minimum Gasteiger partial charge on any atom is -0.497 e. The molecule has 0 spiro atoms. The van der Waals surface area contributed by atoms with Gasteiger partial charge in [0, 0.05) is 38.7 Å². The summed E-state index contributed by atoms with van der Waals surface area (Å²) in [6.45, 7) is 4.63. The average molecular weight is 490 g/mol. The van der Waals surface area contributed by atoms with E-state index in [1.807, 2.05) is 24.3 Å².